The van der Waals surface area contributed by atoms with Crippen molar-refractivity contribution in [2.75, 3.05) is 6.54 Å². The first-order valence-corrected chi connectivity index (χ1v) is 9.64. The number of rotatable bonds is 10. The second-order valence-corrected chi connectivity index (χ2v) is 7.60. The van der Waals surface area contributed by atoms with Gasteiger partial charge in [-0.15, -0.1) is 0 Å². The van der Waals surface area contributed by atoms with Gasteiger partial charge in [0.1, 0.15) is 0 Å². The summed E-state index contributed by atoms with van der Waals surface area (Å²) in [7, 11) is 0. The third-order valence-electron chi connectivity index (χ3n) is 4.80. The highest BCUT2D eigenvalue weighted by atomic mass is 16.7. The lowest BCUT2D eigenvalue weighted by atomic mass is 9.72. The van der Waals surface area contributed by atoms with Crippen molar-refractivity contribution in [3.05, 3.63) is 0 Å². The van der Waals surface area contributed by atoms with Gasteiger partial charge in [0, 0.05) is 18.9 Å². The summed E-state index contributed by atoms with van der Waals surface area (Å²) in [5.41, 5.74) is -0.422. The van der Waals surface area contributed by atoms with Crippen LogP contribution in [-0.4, -0.2) is 36.0 Å². The molecule has 0 spiro atoms. The molecule has 2 N–H and O–H groups in total. The maximum atomic E-state index is 12.2. The highest BCUT2D eigenvalue weighted by Crippen LogP contribution is 2.38. The molecular formula is C19H33NO6. The molecule has 1 fully saturated rings. The van der Waals surface area contributed by atoms with Crippen molar-refractivity contribution in [2.45, 2.75) is 84.8 Å². The van der Waals surface area contributed by atoms with Crippen molar-refractivity contribution in [3.8, 4) is 0 Å². The smallest absolute Gasteiger partial charge is 0.410 e. The van der Waals surface area contributed by atoms with Crippen LogP contribution in [0.1, 0.15) is 78.6 Å². The van der Waals surface area contributed by atoms with E-state index in [-0.39, 0.29) is 24.9 Å². The first-order valence-electron chi connectivity index (χ1n) is 9.64. The van der Waals surface area contributed by atoms with Gasteiger partial charge >= 0.3 is 18.0 Å². The molecule has 0 saturated heterocycles. The van der Waals surface area contributed by atoms with Crippen LogP contribution >= 0.6 is 0 Å². The van der Waals surface area contributed by atoms with E-state index in [1.165, 1.54) is 0 Å². The van der Waals surface area contributed by atoms with Gasteiger partial charge in [-0.2, -0.15) is 0 Å². The number of hydrogen-bond acceptors (Lipinski definition) is 5. The zero-order valence-electron chi connectivity index (χ0n) is 16.2. The van der Waals surface area contributed by atoms with Crippen LogP contribution in [-0.2, 0) is 19.1 Å². The molecule has 0 aliphatic heterocycles. The Labute approximate surface area is 155 Å². The summed E-state index contributed by atoms with van der Waals surface area (Å²) in [5, 5.41) is 11.9. The lowest BCUT2D eigenvalue weighted by molar-refractivity contribution is -0.175. The fourth-order valence-corrected chi connectivity index (χ4v) is 3.25. The van der Waals surface area contributed by atoms with Gasteiger partial charge in [-0.3, -0.25) is 9.59 Å². The summed E-state index contributed by atoms with van der Waals surface area (Å²) in [6, 6.07) is 0. The van der Waals surface area contributed by atoms with E-state index in [4.69, 9.17) is 9.47 Å². The standard InChI is InChI=1S/C19H33NO6/c1-4-5-9-16(23)25-17(14(2)3)26-18(24)20-13-19(12-15(21)22)10-7-6-8-11-19/h14,17H,4-13H2,1-3H3,(H,20,24)(H,21,22)/t17-/m1/s1. The zero-order chi connectivity index (χ0) is 19.6. The number of carboxylic acids is 1. The summed E-state index contributed by atoms with van der Waals surface area (Å²) in [6.45, 7) is 5.85. The number of esters is 1. The lowest BCUT2D eigenvalue weighted by Gasteiger charge is -2.36. The average molecular weight is 371 g/mol. The average Bonchev–Trinajstić information content (AvgIpc) is 2.58. The topological polar surface area (TPSA) is 102 Å². The summed E-state index contributed by atoms with van der Waals surface area (Å²) in [5.74, 6) is -1.41. The number of nitrogens with one attached hydrogen (secondary N) is 1. The molecule has 7 heteroatoms. The minimum absolute atomic E-state index is 0.0346. The Morgan fingerprint density at radius 3 is 2.31 bits per heavy atom. The molecule has 0 aromatic carbocycles. The maximum absolute atomic E-state index is 12.2. The molecule has 0 radical (unpaired) electrons. The van der Waals surface area contributed by atoms with Crippen LogP contribution in [0.2, 0.25) is 0 Å². The summed E-state index contributed by atoms with van der Waals surface area (Å²) >= 11 is 0. The Morgan fingerprint density at radius 1 is 1.12 bits per heavy atom. The normalized spacial score (nSPS) is 17.4. The Kier molecular flexibility index (Phi) is 9.44. The van der Waals surface area contributed by atoms with Crippen molar-refractivity contribution in [3.63, 3.8) is 0 Å². The van der Waals surface area contributed by atoms with Crippen LogP contribution in [0.3, 0.4) is 0 Å². The summed E-state index contributed by atoms with van der Waals surface area (Å²) in [4.78, 5) is 35.1. The highest BCUT2D eigenvalue weighted by Gasteiger charge is 2.35. The van der Waals surface area contributed by atoms with E-state index < -0.39 is 23.8 Å². The van der Waals surface area contributed by atoms with E-state index in [2.05, 4.69) is 5.32 Å². The molecule has 0 aromatic rings. The Bertz CT molecular complexity index is 471. The molecule has 1 aliphatic carbocycles. The van der Waals surface area contributed by atoms with Crippen LogP contribution in [0.5, 0.6) is 0 Å². The largest absolute Gasteiger partial charge is 0.481 e. The fourth-order valence-electron chi connectivity index (χ4n) is 3.25. The lowest BCUT2D eigenvalue weighted by Crippen LogP contribution is -2.42. The summed E-state index contributed by atoms with van der Waals surface area (Å²) in [6.07, 6.45) is 4.90. The molecule has 1 aliphatic rings. The molecule has 1 atom stereocenters. The first-order chi connectivity index (χ1) is 12.3. The van der Waals surface area contributed by atoms with Crippen LogP contribution in [0.15, 0.2) is 0 Å². The maximum Gasteiger partial charge on any atom is 0.410 e. The minimum Gasteiger partial charge on any atom is -0.481 e. The van der Waals surface area contributed by atoms with Crippen LogP contribution in [0.4, 0.5) is 4.79 Å². The highest BCUT2D eigenvalue weighted by molar-refractivity contribution is 5.71. The number of alkyl carbamates (subject to hydrolysis) is 1. The van der Waals surface area contributed by atoms with Gasteiger partial charge in [-0.25, -0.2) is 4.79 Å². The number of aliphatic carboxylic acids is 1. The molecule has 0 heterocycles. The molecule has 7 nitrogen and oxygen atoms in total. The Hall–Kier alpha value is -1.79. The van der Waals surface area contributed by atoms with Gasteiger partial charge in [0.15, 0.2) is 0 Å². The first kappa shape index (κ1) is 22.3. The predicted octanol–water partition coefficient (Wildman–Crippen LogP) is 3.85. The number of carboxylic acid groups (broad SMARTS) is 1. The van der Waals surface area contributed by atoms with Gasteiger partial charge < -0.3 is 19.9 Å². The van der Waals surface area contributed by atoms with E-state index in [9.17, 15) is 19.5 Å². The number of ether oxygens (including phenoxy) is 2. The third kappa shape index (κ3) is 8.06. The third-order valence-corrected chi connectivity index (χ3v) is 4.80. The van der Waals surface area contributed by atoms with Crippen LogP contribution < -0.4 is 5.32 Å². The molecular weight excluding hydrogens is 338 g/mol. The molecule has 1 rings (SSSR count). The molecule has 0 bridgehead atoms. The fraction of sp³-hybridized carbons (Fsp3) is 0.842. The second-order valence-electron chi connectivity index (χ2n) is 7.60. The molecule has 26 heavy (non-hydrogen) atoms. The molecule has 1 saturated carbocycles. The van der Waals surface area contributed by atoms with Gasteiger partial charge in [-0.1, -0.05) is 46.5 Å². The van der Waals surface area contributed by atoms with Crippen molar-refractivity contribution < 1.29 is 29.0 Å². The number of carbonyl (C=O) groups is 3. The number of amides is 1. The zero-order valence-corrected chi connectivity index (χ0v) is 16.2. The van der Waals surface area contributed by atoms with Crippen molar-refractivity contribution >= 4 is 18.0 Å². The monoisotopic (exact) mass is 371 g/mol. The number of unbranched alkanes of at least 4 members (excludes halogenated alkanes) is 1. The van der Waals surface area contributed by atoms with E-state index >= 15 is 0 Å². The predicted molar refractivity (Wildman–Crippen MR) is 96.5 cm³/mol. The van der Waals surface area contributed by atoms with E-state index in [1.54, 1.807) is 13.8 Å². The van der Waals surface area contributed by atoms with E-state index in [0.29, 0.717) is 6.42 Å². The van der Waals surface area contributed by atoms with Gasteiger partial charge in [0.05, 0.1) is 6.42 Å². The minimum atomic E-state index is -0.943. The van der Waals surface area contributed by atoms with Crippen LogP contribution in [0, 0.1) is 11.3 Å². The van der Waals surface area contributed by atoms with Gasteiger partial charge in [0.2, 0.25) is 0 Å². The van der Waals surface area contributed by atoms with E-state index in [1.807, 2.05) is 6.92 Å². The van der Waals surface area contributed by atoms with Crippen molar-refractivity contribution in [1.82, 2.24) is 5.32 Å². The molecule has 0 unspecified atom stereocenters. The number of carbonyl (C=O) groups excluding carboxylic acids is 2. The Morgan fingerprint density at radius 2 is 1.77 bits per heavy atom. The van der Waals surface area contributed by atoms with E-state index in [0.717, 1.165) is 44.9 Å². The Balaban J connectivity index is 2.55. The summed E-state index contributed by atoms with van der Waals surface area (Å²) < 4.78 is 10.5. The van der Waals surface area contributed by atoms with Crippen molar-refractivity contribution in [2.24, 2.45) is 11.3 Å². The van der Waals surface area contributed by atoms with Crippen LogP contribution in [0.25, 0.3) is 0 Å². The van der Waals surface area contributed by atoms with Gasteiger partial charge in [0.25, 0.3) is 6.29 Å². The van der Waals surface area contributed by atoms with Gasteiger partial charge in [-0.05, 0) is 24.7 Å². The SMILES string of the molecule is CCCCC(=O)O[C@H](OC(=O)NCC1(CC(=O)O)CCCCC1)C(C)C. The second kappa shape index (κ2) is 11.0. The van der Waals surface area contributed by atoms with Crippen molar-refractivity contribution in [1.29, 1.82) is 0 Å². The quantitative estimate of drug-likeness (QED) is 0.447. The number of hydrogen-bond donors (Lipinski definition) is 2. The molecule has 0 aromatic heterocycles. The molecule has 1 amide bonds. The molecule has 150 valence electrons.